The fourth-order valence-electron chi connectivity index (χ4n) is 2.72. The SMILES string of the molecule is CC(C)(C)NC(=O)Cn1c(/C=C/c2ccccc2)nc2ccccc21. The molecule has 0 atom stereocenters. The normalized spacial score (nSPS) is 12.0. The lowest BCUT2D eigenvalue weighted by atomic mass is 10.1. The number of carbonyl (C=O) groups is 1. The highest BCUT2D eigenvalue weighted by Crippen LogP contribution is 2.18. The molecule has 2 aromatic carbocycles. The number of hydrogen-bond acceptors (Lipinski definition) is 2. The highest BCUT2D eigenvalue weighted by Gasteiger charge is 2.16. The Morgan fingerprint density at radius 2 is 1.72 bits per heavy atom. The van der Waals surface area contributed by atoms with Crippen molar-refractivity contribution in [1.82, 2.24) is 14.9 Å². The largest absolute Gasteiger partial charge is 0.350 e. The zero-order chi connectivity index (χ0) is 17.9. The number of rotatable bonds is 4. The molecule has 1 aromatic heterocycles. The molecule has 0 unspecified atom stereocenters. The number of fused-ring (bicyclic) bond motifs is 1. The monoisotopic (exact) mass is 333 g/mol. The van der Waals surface area contributed by atoms with Crippen LogP contribution < -0.4 is 5.32 Å². The molecule has 0 bridgehead atoms. The van der Waals surface area contributed by atoms with E-state index in [2.05, 4.69) is 10.3 Å². The highest BCUT2D eigenvalue weighted by atomic mass is 16.2. The maximum atomic E-state index is 12.4. The predicted octanol–water partition coefficient (Wildman–Crippen LogP) is 4.12. The molecule has 25 heavy (non-hydrogen) atoms. The van der Waals surface area contributed by atoms with Crippen LogP contribution in [0.3, 0.4) is 0 Å². The van der Waals surface area contributed by atoms with Crippen molar-refractivity contribution in [1.29, 1.82) is 0 Å². The van der Waals surface area contributed by atoms with Gasteiger partial charge < -0.3 is 9.88 Å². The van der Waals surface area contributed by atoms with Crippen LogP contribution >= 0.6 is 0 Å². The molecule has 0 saturated carbocycles. The highest BCUT2D eigenvalue weighted by molar-refractivity contribution is 5.83. The second-order valence-electron chi connectivity index (χ2n) is 7.09. The molecule has 0 aliphatic carbocycles. The zero-order valence-electron chi connectivity index (χ0n) is 14.9. The van der Waals surface area contributed by atoms with Gasteiger partial charge in [-0.05, 0) is 44.5 Å². The number of imidazole rings is 1. The number of nitrogens with zero attached hydrogens (tertiary/aromatic N) is 2. The second-order valence-corrected chi connectivity index (χ2v) is 7.09. The van der Waals surface area contributed by atoms with E-state index in [-0.39, 0.29) is 18.0 Å². The third kappa shape index (κ3) is 4.35. The molecular weight excluding hydrogens is 310 g/mol. The van der Waals surface area contributed by atoms with Crippen molar-refractivity contribution in [3.63, 3.8) is 0 Å². The first-order valence-electron chi connectivity index (χ1n) is 8.42. The van der Waals surface area contributed by atoms with Crippen LogP contribution in [0.2, 0.25) is 0 Å². The minimum atomic E-state index is -0.256. The molecule has 1 N–H and O–H groups in total. The summed E-state index contributed by atoms with van der Waals surface area (Å²) < 4.78 is 1.95. The number of hydrogen-bond donors (Lipinski definition) is 1. The molecule has 4 heteroatoms. The Balaban J connectivity index is 1.95. The summed E-state index contributed by atoms with van der Waals surface area (Å²) in [6, 6.07) is 17.9. The first-order valence-corrected chi connectivity index (χ1v) is 8.42. The van der Waals surface area contributed by atoms with Crippen LogP contribution in [0.1, 0.15) is 32.2 Å². The minimum Gasteiger partial charge on any atom is -0.350 e. The molecule has 0 aliphatic heterocycles. The smallest absolute Gasteiger partial charge is 0.240 e. The number of carbonyl (C=O) groups excluding carboxylic acids is 1. The van der Waals surface area contributed by atoms with Crippen LogP contribution in [0, 0.1) is 0 Å². The van der Waals surface area contributed by atoms with Crippen molar-refractivity contribution in [2.75, 3.05) is 0 Å². The van der Waals surface area contributed by atoms with Crippen molar-refractivity contribution in [3.05, 3.63) is 66.0 Å². The maximum Gasteiger partial charge on any atom is 0.240 e. The number of benzene rings is 2. The second kappa shape index (κ2) is 6.93. The van der Waals surface area contributed by atoms with Gasteiger partial charge in [0.25, 0.3) is 0 Å². The third-order valence-corrected chi connectivity index (χ3v) is 3.72. The standard InChI is InChI=1S/C21H23N3O/c1-21(2,3)23-20(25)15-24-18-12-8-7-11-17(18)22-19(24)14-13-16-9-5-4-6-10-16/h4-14H,15H2,1-3H3,(H,23,25)/b14-13+. The van der Waals surface area contributed by atoms with Gasteiger partial charge in [0.15, 0.2) is 0 Å². The maximum absolute atomic E-state index is 12.4. The first-order chi connectivity index (χ1) is 11.9. The van der Waals surface area contributed by atoms with Gasteiger partial charge in [0, 0.05) is 5.54 Å². The Hall–Kier alpha value is -2.88. The van der Waals surface area contributed by atoms with Gasteiger partial charge >= 0.3 is 0 Å². The van der Waals surface area contributed by atoms with Gasteiger partial charge in [-0.2, -0.15) is 0 Å². The van der Waals surface area contributed by atoms with Crippen LogP contribution in [0.25, 0.3) is 23.2 Å². The van der Waals surface area contributed by atoms with Gasteiger partial charge in [0.05, 0.1) is 11.0 Å². The molecular formula is C21H23N3O. The van der Waals surface area contributed by atoms with Crippen molar-refractivity contribution in [2.24, 2.45) is 0 Å². The first kappa shape index (κ1) is 17.0. The molecule has 0 aliphatic rings. The van der Waals surface area contributed by atoms with Gasteiger partial charge in [-0.25, -0.2) is 4.98 Å². The van der Waals surface area contributed by atoms with Crippen LogP contribution in [0.15, 0.2) is 54.6 Å². The molecule has 1 amide bonds. The van der Waals surface area contributed by atoms with Gasteiger partial charge in [-0.3, -0.25) is 4.79 Å². The average Bonchev–Trinajstić information content (AvgIpc) is 2.90. The van der Waals surface area contributed by atoms with Crippen molar-refractivity contribution < 1.29 is 4.79 Å². The average molecular weight is 333 g/mol. The lowest BCUT2D eigenvalue weighted by molar-refractivity contribution is -0.123. The van der Waals surface area contributed by atoms with E-state index < -0.39 is 0 Å². The lowest BCUT2D eigenvalue weighted by Crippen LogP contribution is -2.42. The van der Waals surface area contributed by atoms with E-state index in [1.807, 2.05) is 92.1 Å². The van der Waals surface area contributed by atoms with Crippen molar-refractivity contribution >= 4 is 29.1 Å². The van der Waals surface area contributed by atoms with E-state index in [0.717, 1.165) is 22.4 Å². The van der Waals surface area contributed by atoms with E-state index >= 15 is 0 Å². The summed E-state index contributed by atoms with van der Waals surface area (Å²) in [4.78, 5) is 17.1. The molecule has 0 saturated heterocycles. The van der Waals surface area contributed by atoms with Gasteiger partial charge in [-0.15, -0.1) is 0 Å². The van der Waals surface area contributed by atoms with Crippen LogP contribution in [0.5, 0.6) is 0 Å². The minimum absolute atomic E-state index is 0.0231. The van der Waals surface area contributed by atoms with Gasteiger partial charge in [0.2, 0.25) is 5.91 Å². The van der Waals surface area contributed by atoms with Crippen molar-refractivity contribution in [2.45, 2.75) is 32.9 Å². The van der Waals surface area contributed by atoms with Crippen molar-refractivity contribution in [3.8, 4) is 0 Å². The molecule has 3 aromatic rings. The van der Waals surface area contributed by atoms with E-state index in [0.29, 0.717) is 0 Å². The fourth-order valence-corrected chi connectivity index (χ4v) is 2.72. The molecule has 0 fully saturated rings. The number of nitrogens with one attached hydrogen (secondary N) is 1. The summed E-state index contributed by atoms with van der Waals surface area (Å²) in [5.41, 5.74) is 2.69. The Kier molecular flexibility index (Phi) is 4.70. The fraction of sp³-hybridized carbons (Fsp3) is 0.238. The third-order valence-electron chi connectivity index (χ3n) is 3.72. The van der Waals surface area contributed by atoms with Crippen LogP contribution in [0.4, 0.5) is 0 Å². The number of amides is 1. The number of para-hydroxylation sites is 2. The van der Waals surface area contributed by atoms with Crippen LogP contribution in [-0.4, -0.2) is 21.0 Å². The topological polar surface area (TPSA) is 46.9 Å². The zero-order valence-corrected chi connectivity index (χ0v) is 14.9. The molecule has 128 valence electrons. The van der Waals surface area contributed by atoms with E-state index in [1.54, 1.807) is 0 Å². The quantitative estimate of drug-likeness (QED) is 0.780. The summed E-state index contributed by atoms with van der Waals surface area (Å²) in [7, 11) is 0. The summed E-state index contributed by atoms with van der Waals surface area (Å²) in [6.07, 6.45) is 3.97. The van der Waals surface area contributed by atoms with E-state index in [1.165, 1.54) is 0 Å². The molecule has 0 radical (unpaired) electrons. The molecule has 1 heterocycles. The summed E-state index contributed by atoms with van der Waals surface area (Å²) in [6.45, 7) is 6.18. The molecule has 0 spiro atoms. The Bertz CT molecular complexity index is 902. The Morgan fingerprint density at radius 3 is 2.44 bits per heavy atom. The summed E-state index contributed by atoms with van der Waals surface area (Å²) in [5.74, 6) is 0.749. The predicted molar refractivity (Wildman–Crippen MR) is 103 cm³/mol. The van der Waals surface area contributed by atoms with Crippen LogP contribution in [-0.2, 0) is 11.3 Å². The van der Waals surface area contributed by atoms with Gasteiger partial charge in [-0.1, -0.05) is 48.5 Å². The summed E-state index contributed by atoms with van der Waals surface area (Å²) >= 11 is 0. The van der Waals surface area contributed by atoms with Gasteiger partial charge in [0.1, 0.15) is 12.4 Å². The van der Waals surface area contributed by atoms with E-state index in [4.69, 9.17) is 0 Å². The molecule has 4 nitrogen and oxygen atoms in total. The Labute approximate surface area is 148 Å². The molecule has 3 rings (SSSR count). The van der Waals surface area contributed by atoms with E-state index in [9.17, 15) is 4.79 Å². The lowest BCUT2D eigenvalue weighted by Gasteiger charge is -2.21. The number of aromatic nitrogens is 2. The summed E-state index contributed by atoms with van der Waals surface area (Å²) in [5, 5.41) is 3.01. The Morgan fingerprint density at radius 1 is 1.04 bits per heavy atom.